The summed E-state index contributed by atoms with van der Waals surface area (Å²) in [7, 11) is -3.46. The van der Waals surface area contributed by atoms with Crippen LogP contribution >= 0.6 is 11.6 Å². The summed E-state index contributed by atoms with van der Waals surface area (Å²) >= 11 is 6.22. The van der Waals surface area contributed by atoms with Crippen LogP contribution in [0, 0.1) is 5.92 Å². The minimum Gasteiger partial charge on any atom is -0.259 e. The van der Waals surface area contributed by atoms with Crippen LogP contribution in [0.15, 0.2) is 47.6 Å². The third kappa shape index (κ3) is 4.16. The number of nitrogens with one attached hydrogen (secondary N) is 1. The normalized spacial score (nSPS) is 14.9. The van der Waals surface area contributed by atoms with Crippen LogP contribution in [0.3, 0.4) is 0 Å². The van der Waals surface area contributed by atoms with Crippen LogP contribution in [0.1, 0.15) is 18.4 Å². The van der Waals surface area contributed by atoms with Gasteiger partial charge in [0.2, 0.25) is 0 Å². The zero-order valence-electron chi connectivity index (χ0n) is 14.9. The Labute approximate surface area is 169 Å². The second kappa shape index (κ2) is 7.14. The number of rotatable bonds is 5. The highest BCUT2D eigenvalue weighted by molar-refractivity contribution is 7.91. The van der Waals surface area contributed by atoms with Crippen molar-refractivity contribution < 1.29 is 21.6 Å². The highest BCUT2D eigenvalue weighted by atomic mass is 35.5. The Balaban J connectivity index is 1.78. The Morgan fingerprint density at radius 1 is 1.10 bits per heavy atom. The Morgan fingerprint density at radius 3 is 2.34 bits per heavy atom. The minimum atomic E-state index is -4.67. The molecule has 2 aromatic carbocycles. The van der Waals surface area contributed by atoms with Gasteiger partial charge < -0.3 is 0 Å². The summed E-state index contributed by atoms with van der Waals surface area (Å²) in [5.41, 5.74) is -0.831. The lowest BCUT2D eigenvalue weighted by Crippen LogP contribution is -2.09. The van der Waals surface area contributed by atoms with Crippen LogP contribution in [0.25, 0.3) is 22.5 Å². The van der Waals surface area contributed by atoms with Crippen LogP contribution < -0.4 is 0 Å². The Hall–Kier alpha value is -2.39. The molecule has 1 aliphatic carbocycles. The molecule has 0 amide bonds. The predicted molar refractivity (Wildman–Crippen MR) is 102 cm³/mol. The average Bonchev–Trinajstić information content (AvgIpc) is 3.28. The van der Waals surface area contributed by atoms with E-state index in [1.807, 2.05) is 0 Å². The zero-order chi connectivity index (χ0) is 20.8. The van der Waals surface area contributed by atoms with Gasteiger partial charge in [-0.3, -0.25) is 5.10 Å². The van der Waals surface area contributed by atoms with E-state index in [1.54, 1.807) is 0 Å². The summed E-state index contributed by atoms with van der Waals surface area (Å²) in [6, 6.07) is 7.67. The molecule has 0 aliphatic heterocycles. The van der Waals surface area contributed by atoms with Gasteiger partial charge >= 0.3 is 6.18 Å². The number of aromatic nitrogens is 3. The standard InChI is InChI=1S/C19H15ClF3N3O2S/c20-16-8-13(18-24-10-25-26-18)7-15(19(21,22)23)17(16)12-3-5-14(6-4-12)29(27,28)9-11-1-2-11/h3-8,10-11H,1-2,9H2,(H,24,25,26). The second-order valence-corrected chi connectivity index (χ2v) is 9.40. The van der Waals surface area contributed by atoms with Crippen LogP contribution in [0.2, 0.25) is 5.02 Å². The number of benzene rings is 2. The molecule has 0 unspecified atom stereocenters. The van der Waals surface area contributed by atoms with E-state index in [-0.39, 0.29) is 44.1 Å². The summed E-state index contributed by atoms with van der Waals surface area (Å²) < 4.78 is 66.0. The van der Waals surface area contributed by atoms with Crippen molar-refractivity contribution in [2.75, 3.05) is 5.75 Å². The molecule has 0 bridgehead atoms. The maximum Gasteiger partial charge on any atom is 0.417 e. The lowest BCUT2D eigenvalue weighted by molar-refractivity contribution is -0.137. The maximum atomic E-state index is 13.8. The molecule has 1 heterocycles. The predicted octanol–water partition coefficient (Wildman–Crippen LogP) is 4.99. The van der Waals surface area contributed by atoms with Crippen molar-refractivity contribution in [3.63, 3.8) is 0 Å². The highest BCUT2D eigenvalue weighted by Gasteiger charge is 2.36. The molecule has 4 rings (SSSR count). The fraction of sp³-hybridized carbons (Fsp3) is 0.263. The first-order chi connectivity index (χ1) is 13.6. The van der Waals surface area contributed by atoms with E-state index in [2.05, 4.69) is 15.2 Å². The van der Waals surface area contributed by atoms with Crippen molar-refractivity contribution in [2.45, 2.75) is 23.9 Å². The quantitative estimate of drug-likeness (QED) is 0.605. The molecule has 0 saturated heterocycles. The van der Waals surface area contributed by atoms with Gasteiger partial charge in [-0.25, -0.2) is 13.4 Å². The fourth-order valence-electron chi connectivity index (χ4n) is 3.12. The first kappa shape index (κ1) is 19.9. The van der Waals surface area contributed by atoms with Gasteiger partial charge in [-0.05, 0) is 48.6 Å². The molecular formula is C19H15ClF3N3O2S. The van der Waals surface area contributed by atoms with E-state index in [9.17, 15) is 21.6 Å². The number of alkyl halides is 3. The molecule has 3 aromatic rings. The number of hydrogen-bond donors (Lipinski definition) is 1. The van der Waals surface area contributed by atoms with Crippen molar-refractivity contribution in [3.8, 4) is 22.5 Å². The molecule has 1 saturated carbocycles. The lowest BCUT2D eigenvalue weighted by Gasteiger charge is -2.16. The molecule has 29 heavy (non-hydrogen) atoms. The van der Waals surface area contributed by atoms with Crippen LogP contribution in [-0.2, 0) is 16.0 Å². The molecule has 1 aliphatic rings. The molecule has 5 nitrogen and oxygen atoms in total. The summed E-state index contributed by atoms with van der Waals surface area (Å²) in [6.45, 7) is 0. The third-order valence-electron chi connectivity index (χ3n) is 4.74. The molecule has 1 fully saturated rings. The smallest absolute Gasteiger partial charge is 0.259 e. The van der Waals surface area contributed by atoms with Crippen molar-refractivity contribution >= 4 is 21.4 Å². The van der Waals surface area contributed by atoms with Gasteiger partial charge in [0.1, 0.15) is 6.33 Å². The summed E-state index contributed by atoms with van der Waals surface area (Å²) in [5.74, 6) is 0.396. The maximum absolute atomic E-state index is 13.8. The molecule has 0 atom stereocenters. The van der Waals surface area contributed by atoms with Crippen LogP contribution in [0.4, 0.5) is 13.2 Å². The van der Waals surface area contributed by atoms with E-state index >= 15 is 0 Å². The lowest BCUT2D eigenvalue weighted by atomic mass is 9.96. The molecule has 10 heteroatoms. The summed E-state index contributed by atoms with van der Waals surface area (Å²) in [5, 5.41) is 6.03. The molecule has 152 valence electrons. The van der Waals surface area contributed by atoms with E-state index < -0.39 is 21.6 Å². The van der Waals surface area contributed by atoms with Gasteiger partial charge in [-0.1, -0.05) is 23.7 Å². The molecular weight excluding hydrogens is 427 g/mol. The number of H-pyrrole nitrogens is 1. The summed E-state index contributed by atoms with van der Waals surface area (Å²) in [6.07, 6.45) is -1.71. The topological polar surface area (TPSA) is 75.7 Å². The zero-order valence-corrected chi connectivity index (χ0v) is 16.4. The van der Waals surface area contributed by atoms with Gasteiger partial charge in [0.15, 0.2) is 15.7 Å². The van der Waals surface area contributed by atoms with Gasteiger partial charge in [0.05, 0.1) is 16.2 Å². The molecule has 0 spiro atoms. The number of nitrogens with zero attached hydrogens (tertiary/aromatic N) is 2. The largest absolute Gasteiger partial charge is 0.417 e. The number of sulfone groups is 1. The Bertz CT molecular complexity index is 1140. The fourth-order valence-corrected chi connectivity index (χ4v) is 5.15. The van der Waals surface area contributed by atoms with E-state index in [1.165, 1.54) is 36.7 Å². The second-order valence-electron chi connectivity index (χ2n) is 6.96. The molecule has 1 aromatic heterocycles. The van der Waals surface area contributed by atoms with E-state index in [4.69, 9.17) is 11.6 Å². The third-order valence-corrected chi connectivity index (χ3v) is 6.94. The summed E-state index contributed by atoms with van der Waals surface area (Å²) in [4.78, 5) is 3.95. The van der Waals surface area contributed by atoms with E-state index in [0.717, 1.165) is 18.9 Å². The van der Waals surface area contributed by atoms with Gasteiger partial charge in [-0.2, -0.15) is 18.3 Å². The minimum absolute atomic E-state index is 0.0623. The molecule has 0 radical (unpaired) electrons. The van der Waals surface area contributed by atoms with Crippen molar-refractivity contribution in [1.82, 2.24) is 15.2 Å². The number of aromatic amines is 1. The number of hydrogen-bond acceptors (Lipinski definition) is 4. The van der Waals surface area contributed by atoms with Gasteiger partial charge in [0.25, 0.3) is 0 Å². The highest BCUT2D eigenvalue weighted by Crippen LogP contribution is 2.43. The SMILES string of the molecule is O=S(=O)(CC1CC1)c1ccc(-c2c(Cl)cc(-c3ncn[nH]3)cc2C(F)(F)F)cc1. The van der Waals surface area contributed by atoms with Gasteiger partial charge in [0, 0.05) is 16.1 Å². The average molecular weight is 442 g/mol. The van der Waals surface area contributed by atoms with E-state index in [0.29, 0.717) is 0 Å². The Morgan fingerprint density at radius 2 is 1.79 bits per heavy atom. The van der Waals surface area contributed by atoms with Crippen molar-refractivity contribution in [3.05, 3.63) is 53.3 Å². The van der Waals surface area contributed by atoms with Crippen LogP contribution in [-0.4, -0.2) is 29.4 Å². The monoisotopic (exact) mass is 441 g/mol. The van der Waals surface area contributed by atoms with Crippen molar-refractivity contribution in [1.29, 1.82) is 0 Å². The first-order valence-corrected chi connectivity index (χ1v) is 10.8. The van der Waals surface area contributed by atoms with Crippen LogP contribution in [0.5, 0.6) is 0 Å². The number of halogens is 4. The first-order valence-electron chi connectivity index (χ1n) is 8.75. The van der Waals surface area contributed by atoms with Gasteiger partial charge in [-0.15, -0.1) is 0 Å². The Kier molecular flexibility index (Phi) is 4.90. The van der Waals surface area contributed by atoms with Crippen molar-refractivity contribution in [2.24, 2.45) is 5.92 Å². The molecule has 1 N–H and O–H groups in total.